The van der Waals surface area contributed by atoms with E-state index in [0.717, 1.165) is 12.1 Å². The van der Waals surface area contributed by atoms with E-state index in [0.29, 0.717) is 10.2 Å². The zero-order valence-electron chi connectivity index (χ0n) is 10.00. The zero-order valence-corrected chi connectivity index (χ0v) is 11.6. The third kappa shape index (κ3) is 3.63. The van der Waals surface area contributed by atoms with Crippen LogP contribution >= 0.6 is 15.9 Å². The van der Waals surface area contributed by atoms with Gasteiger partial charge in [-0.3, -0.25) is 4.79 Å². The molecule has 1 amide bonds. The van der Waals surface area contributed by atoms with Crippen molar-refractivity contribution in [1.29, 1.82) is 0 Å². The molecule has 2 rings (SSSR count). The number of benzene rings is 1. The molecule has 1 aromatic heterocycles. The normalized spacial score (nSPS) is 11.4. The lowest BCUT2D eigenvalue weighted by molar-refractivity contribution is -0.137. The Morgan fingerprint density at radius 3 is 2.30 bits per heavy atom. The van der Waals surface area contributed by atoms with Gasteiger partial charge in [-0.2, -0.15) is 13.2 Å². The highest BCUT2D eigenvalue weighted by atomic mass is 79.9. The van der Waals surface area contributed by atoms with Crippen LogP contribution in [0.25, 0.3) is 0 Å². The van der Waals surface area contributed by atoms with E-state index in [4.69, 9.17) is 4.42 Å². The quantitative estimate of drug-likeness (QED) is 0.911. The Balaban J connectivity index is 1.96. The first kappa shape index (κ1) is 14.6. The maximum atomic E-state index is 12.4. The fraction of sp³-hybridized carbons (Fsp3) is 0.154. The Morgan fingerprint density at radius 2 is 1.80 bits per heavy atom. The van der Waals surface area contributed by atoms with Crippen LogP contribution in [0.5, 0.6) is 0 Å². The topological polar surface area (TPSA) is 42.2 Å². The van der Waals surface area contributed by atoms with Gasteiger partial charge in [0.25, 0.3) is 5.91 Å². The van der Waals surface area contributed by atoms with E-state index in [1.807, 2.05) is 0 Å². The summed E-state index contributed by atoms with van der Waals surface area (Å²) in [4.78, 5) is 11.7. The number of amides is 1. The van der Waals surface area contributed by atoms with Crippen LogP contribution in [0.1, 0.15) is 21.7 Å². The molecule has 7 heteroatoms. The van der Waals surface area contributed by atoms with Gasteiger partial charge in [0.1, 0.15) is 0 Å². The lowest BCUT2D eigenvalue weighted by Crippen LogP contribution is -2.22. The molecule has 1 N–H and O–H groups in total. The van der Waals surface area contributed by atoms with Crippen LogP contribution in [-0.4, -0.2) is 5.91 Å². The molecule has 3 nitrogen and oxygen atoms in total. The van der Waals surface area contributed by atoms with Crippen molar-refractivity contribution in [2.45, 2.75) is 12.7 Å². The molecular formula is C13H9BrF3NO2. The molecule has 0 saturated carbocycles. The highest BCUT2D eigenvalue weighted by molar-refractivity contribution is 9.10. The molecule has 0 fully saturated rings. The molecule has 0 atom stereocenters. The van der Waals surface area contributed by atoms with Crippen molar-refractivity contribution in [3.8, 4) is 0 Å². The minimum atomic E-state index is -4.36. The van der Waals surface area contributed by atoms with E-state index in [1.165, 1.54) is 18.2 Å². The van der Waals surface area contributed by atoms with Crippen LogP contribution in [0.4, 0.5) is 13.2 Å². The Bertz CT molecular complexity index is 605. The number of hydrogen-bond acceptors (Lipinski definition) is 2. The summed E-state index contributed by atoms with van der Waals surface area (Å²) in [5.74, 6) is -0.306. The maximum absolute atomic E-state index is 12.4. The number of carbonyl (C=O) groups excluding carboxylic acids is 1. The minimum Gasteiger partial charge on any atom is -0.444 e. The molecule has 0 bridgehead atoms. The molecule has 0 aliphatic heterocycles. The summed E-state index contributed by atoms with van der Waals surface area (Å²) in [7, 11) is 0. The fourth-order valence-electron chi connectivity index (χ4n) is 1.52. The second kappa shape index (κ2) is 5.70. The molecule has 1 aromatic carbocycles. The third-order valence-electron chi connectivity index (χ3n) is 2.53. The maximum Gasteiger partial charge on any atom is 0.416 e. The van der Waals surface area contributed by atoms with Crippen molar-refractivity contribution in [1.82, 2.24) is 5.32 Å². The van der Waals surface area contributed by atoms with E-state index in [1.54, 1.807) is 6.07 Å². The lowest BCUT2D eigenvalue weighted by Gasteiger charge is -2.08. The summed E-state index contributed by atoms with van der Waals surface area (Å²) < 4.78 is 42.6. The summed E-state index contributed by atoms with van der Waals surface area (Å²) in [6, 6.07) is 7.66. The smallest absolute Gasteiger partial charge is 0.416 e. The predicted molar refractivity (Wildman–Crippen MR) is 69.0 cm³/mol. The average Bonchev–Trinajstić information content (AvgIpc) is 2.82. The highest BCUT2D eigenvalue weighted by Gasteiger charge is 2.29. The number of furan rings is 1. The van der Waals surface area contributed by atoms with E-state index in [9.17, 15) is 18.0 Å². The van der Waals surface area contributed by atoms with Crippen LogP contribution in [0.15, 0.2) is 45.5 Å². The fourth-order valence-corrected chi connectivity index (χ4v) is 1.82. The van der Waals surface area contributed by atoms with Crippen LogP contribution in [-0.2, 0) is 12.7 Å². The molecule has 2 aromatic rings. The number of carbonyl (C=O) groups is 1. The number of hydrogen-bond donors (Lipinski definition) is 1. The standard InChI is InChI=1S/C13H9BrF3NO2/c14-11-6-5-10(20-11)12(19)18-7-8-1-3-9(4-2-8)13(15,16)17/h1-6H,7H2,(H,18,19). The Morgan fingerprint density at radius 1 is 1.15 bits per heavy atom. The van der Waals surface area contributed by atoms with Crippen molar-refractivity contribution in [3.05, 3.63) is 58.0 Å². The first-order valence-electron chi connectivity index (χ1n) is 5.56. The second-order valence-corrected chi connectivity index (χ2v) is 4.76. The Labute approximate surface area is 120 Å². The van der Waals surface area contributed by atoms with Crippen LogP contribution < -0.4 is 5.32 Å². The second-order valence-electron chi connectivity index (χ2n) is 3.98. The summed E-state index contributed by atoms with van der Waals surface area (Å²) in [5.41, 5.74) is -0.153. The first-order chi connectivity index (χ1) is 9.36. The summed E-state index contributed by atoms with van der Waals surface area (Å²) in [6.07, 6.45) is -4.36. The number of alkyl halides is 3. The largest absolute Gasteiger partial charge is 0.444 e. The highest BCUT2D eigenvalue weighted by Crippen LogP contribution is 2.29. The van der Waals surface area contributed by atoms with Crippen molar-refractivity contribution < 1.29 is 22.4 Å². The molecule has 0 aliphatic carbocycles. The van der Waals surface area contributed by atoms with E-state index in [-0.39, 0.29) is 12.3 Å². The van der Waals surface area contributed by atoms with Gasteiger partial charge in [0.2, 0.25) is 0 Å². The molecule has 0 saturated heterocycles. The Hall–Kier alpha value is -1.76. The van der Waals surface area contributed by atoms with Gasteiger partial charge in [0.15, 0.2) is 10.4 Å². The van der Waals surface area contributed by atoms with E-state index < -0.39 is 17.6 Å². The van der Waals surface area contributed by atoms with Gasteiger partial charge in [0.05, 0.1) is 5.56 Å². The zero-order chi connectivity index (χ0) is 14.8. The average molecular weight is 348 g/mol. The van der Waals surface area contributed by atoms with Gasteiger partial charge in [-0.1, -0.05) is 12.1 Å². The van der Waals surface area contributed by atoms with Gasteiger partial charge in [-0.15, -0.1) is 0 Å². The van der Waals surface area contributed by atoms with Gasteiger partial charge in [-0.05, 0) is 45.8 Å². The predicted octanol–water partition coefficient (Wildman–Crippen LogP) is 3.99. The van der Waals surface area contributed by atoms with Crippen molar-refractivity contribution >= 4 is 21.8 Å². The minimum absolute atomic E-state index is 0.120. The van der Waals surface area contributed by atoms with Crippen LogP contribution in [0.3, 0.4) is 0 Å². The number of nitrogens with one attached hydrogen (secondary N) is 1. The van der Waals surface area contributed by atoms with Crippen molar-refractivity contribution in [2.24, 2.45) is 0 Å². The third-order valence-corrected chi connectivity index (χ3v) is 2.96. The Kier molecular flexibility index (Phi) is 4.17. The van der Waals surface area contributed by atoms with Crippen LogP contribution in [0.2, 0.25) is 0 Å². The SMILES string of the molecule is O=C(NCc1ccc(C(F)(F)F)cc1)c1ccc(Br)o1. The molecule has 20 heavy (non-hydrogen) atoms. The van der Waals surface area contributed by atoms with Crippen LogP contribution in [0, 0.1) is 0 Å². The molecule has 106 valence electrons. The van der Waals surface area contributed by atoms with Gasteiger partial charge >= 0.3 is 6.18 Å². The van der Waals surface area contributed by atoms with Gasteiger partial charge in [-0.25, -0.2) is 0 Å². The van der Waals surface area contributed by atoms with Gasteiger partial charge in [0, 0.05) is 6.54 Å². The molecule has 0 unspecified atom stereocenters. The summed E-state index contributed by atoms with van der Waals surface area (Å²) in [5, 5.41) is 2.55. The monoisotopic (exact) mass is 347 g/mol. The lowest BCUT2D eigenvalue weighted by atomic mass is 10.1. The molecule has 0 spiro atoms. The van der Waals surface area contributed by atoms with Crippen molar-refractivity contribution in [3.63, 3.8) is 0 Å². The molecule has 0 aliphatic rings. The summed E-state index contributed by atoms with van der Waals surface area (Å²) in [6.45, 7) is 0.120. The van der Waals surface area contributed by atoms with Crippen molar-refractivity contribution in [2.75, 3.05) is 0 Å². The number of rotatable bonds is 3. The number of halogens is 4. The van der Waals surface area contributed by atoms with E-state index >= 15 is 0 Å². The molecular weight excluding hydrogens is 339 g/mol. The molecule has 1 heterocycles. The van der Waals surface area contributed by atoms with Gasteiger partial charge < -0.3 is 9.73 Å². The summed E-state index contributed by atoms with van der Waals surface area (Å²) >= 11 is 3.07. The molecule has 0 radical (unpaired) electrons. The van der Waals surface area contributed by atoms with E-state index in [2.05, 4.69) is 21.2 Å². The first-order valence-corrected chi connectivity index (χ1v) is 6.35.